The number of hydrazone groups is 1. The van der Waals surface area contributed by atoms with Crippen molar-refractivity contribution in [2.75, 3.05) is 13.1 Å². The summed E-state index contributed by atoms with van der Waals surface area (Å²) in [6.45, 7) is 3.02. The highest BCUT2D eigenvalue weighted by Crippen LogP contribution is 2.52. The van der Waals surface area contributed by atoms with Crippen LogP contribution in [0.1, 0.15) is 37.2 Å². The Morgan fingerprint density at radius 2 is 1.73 bits per heavy atom. The molecule has 0 aromatic carbocycles. The summed E-state index contributed by atoms with van der Waals surface area (Å²) in [5.74, 6) is 1.16. The lowest BCUT2D eigenvalue weighted by molar-refractivity contribution is -0.140. The molecule has 1 aromatic rings. The molecule has 3 fully saturated rings. The zero-order valence-electron chi connectivity index (χ0n) is 14.7. The molecule has 0 spiro atoms. The van der Waals surface area contributed by atoms with Gasteiger partial charge in [0.1, 0.15) is 11.5 Å². The van der Waals surface area contributed by atoms with Gasteiger partial charge in [-0.15, -0.1) is 0 Å². The molecular formula is C20H23N3O3. The maximum absolute atomic E-state index is 12.6. The number of nitrogens with zero attached hydrogens (tertiary/aromatic N) is 3. The zero-order chi connectivity index (χ0) is 17.7. The van der Waals surface area contributed by atoms with E-state index in [-0.39, 0.29) is 35.5 Å². The van der Waals surface area contributed by atoms with Crippen LogP contribution in [0.3, 0.4) is 0 Å². The minimum absolute atomic E-state index is 0.159. The van der Waals surface area contributed by atoms with Crippen LogP contribution in [0, 0.1) is 23.7 Å². The number of rotatable bonds is 4. The molecule has 1 aromatic heterocycles. The molecule has 4 atom stereocenters. The quantitative estimate of drug-likeness (QED) is 0.474. The van der Waals surface area contributed by atoms with Gasteiger partial charge in [-0.1, -0.05) is 18.6 Å². The van der Waals surface area contributed by atoms with Crippen LogP contribution >= 0.6 is 0 Å². The summed E-state index contributed by atoms with van der Waals surface area (Å²) in [7, 11) is 0. The van der Waals surface area contributed by atoms with E-state index >= 15 is 0 Å². The van der Waals surface area contributed by atoms with Gasteiger partial charge in [-0.2, -0.15) is 10.1 Å². The third-order valence-corrected chi connectivity index (χ3v) is 6.26. The Balaban J connectivity index is 1.26. The normalized spacial score (nSPS) is 33.8. The van der Waals surface area contributed by atoms with Crippen molar-refractivity contribution in [3.63, 3.8) is 0 Å². The average Bonchev–Trinajstić information content (AvgIpc) is 3.41. The van der Waals surface area contributed by atoms with Crippen LogP contribution in [0.5, 0.6) is 0 Å². The van der Waals surface area contributed by atoms with Crippen molar-refractivity contribution in [1.29, 1.82) is 0 Å². The van der Waals surface area contributed by atoms with E-state index < -0.39 is 0 Å². The van der Waals surface area contributed by atoms with E-state index in [4.69, 9.17) is 4.42 Å². The van der Waals surface area contributed by atoms with E-state index in [1.165, 1.54) is 25.5 Å². The lowest BCUT2D eigenvalue weighted by Gasteiger charge is -2.25. The lowest BCUT2D eigenvalue weighted by atomic mass is 9.85. The van der Waals surface area contributed by atoms with Gasteiger partial charge in [0, 0.05) is 0 Å². The largest absolute Gasteiger partial charge is 0.459 e. The highest BCUT2D eigenvalue weighted by atomic mass is 16.3. The third-order valence-electron chi connectivity index (χ3n) is 6.26. The molecule has 2 aliphatic heterocycles. The summed E-state index contributed by atoms with van der Waals surface area (Å²) in [6.07, 6.45) is 10.4. The molecule has 26 heavy (non-hydrogen) atoms. The average molecular weight is 353 g/mol. The molecule has 2 amide bonds. The SMILES string of the molecule is O=C1[C@H]2[C@H](C(=O)N1/N=C\c1ccc(CN3CCCCC3)o1)[C@H]1C=C[C@H]2C1. The number of likely N-dealkylation sites (tertiary alicyclic amines) is 1. The Kier molecular flexibility index (Phi) is 3.81. The van der Waals surface area contributed by atoms with Crippen LogP contribution < -0.4 is 0 Å². The number of carbonyl (C=O) groups excluding carboxylic acids is 2. The van der Waals surface area contributed by atoms with Gasteiger partial charge in [0.15, 0.2) is 0 Å². The molecule has 2 aliphatic carbocycles. The van der Waals surface area contributed by atoms with Crippen molar-refractivity contribution in [1.82, 2.24) is 9.91 Å². The van der Waals surface area contributed by atoms with Gasteiger partial charge in [-0.3, -0.25) is 14.5 Å². The van der Waals surface area contributed by atoms with Gasteiger partial charge in [-0.05, 0) is 56.3 Å². The number of amides is 2. The van der Waals surface area contributed by atoms with Gasteiger partial charge < -0.3 is 4.42 Å². The highest BCUT2D eigenvalue weighted by molar-refractivity contribution is 6.06. The number of fused-ring (bicyclic) bond motifs is 5. The number of furan rings is 1. The number of hydrogen-bond acceptors (Lipinski definition) is 5. The molecule has 2 saturated heterocycles. The fourth-order valence-electron chi connectivity index (χ4n) is 5.00. The monoisotopic (exact) mass is 353 g/mol. The number of imide groups is 1. The number of piperidine rings is 1. The van der Waals surface area contributed by atoms with E-state index in [1.54, 1.807) is 0 Å². The van der Waals surface area contributed by atoms with Crippen LogP contribution in [0.4, 0.5) is 0 Å². The van der Waals surface area contributed by atoms with Crippen LogP contribution in [0.2, 0.25) is 0 Å². The molecule has 2 bridgehead atoms. The van der Waals surface area contributed by atoms with Gasteiger partial charge in [-0.25, -0.2) is 0 Å². The van der Waals surface area contributed by atoms with Crippen molar-refractivity contribution in [3.05, 3.63) is 35.8 Å². The first-order valence-corrected chi connectivity index (χ1v) is 9.62. The standard InChI is InChI=1S/C20H23N3O3/c24-19-17-13-4-5-14(10-13)18(17)20(25)23(19)21-11-15-6-7-16(26-15)12-22-8-2-1-3-9-22/h4-7,11,13-14,17-18H,1-3,8-10,12H2/b21-11-/t13-,14-,17+,18+/m0/s1. The lowest BCUT2D eigenvalue weighted by Crippen LogP contribution is -2.28. The number of hydrogen-bond donors (Lipinski definition) is 0. The van der Waals surface area contributed by atoms with E-state index in [9.17, 15) is 9.59 Å². The molecule has 3 heterocycles. The first-order chi connectivity index (χ1) is 12.7. The summed E-state index contributed by atoms with van der Waals surface area (Å²) in [5.41, 5.74) is 0. The summed E-state index contributed by atoms with van der Waals surface area (Å²) in [4.78, 5) is 27.6. The number of allylic oxidation sites excluding steroid dienone is 2. The Morgan fingerprint density at radius 1 is 1.04 bits per heavy atom. The Hall–Kier alpha value is -2.21. The Labute approximate surface area is 152 Å². The summed E-state index contributed by atoms with van der Waals surface area (Å²) >= 11 is 0. The van der Waals surface area contributed by atoms with Crippen molar-refractivity contribution < 1.29 is 14.0 Å². The van der Waals surface area contributed by atoms with Crippen molar-refractivity contribution in [2.45, 2.75) is 32.2 Å². The minimum Gasteiger partial charge on any atom is -0.459 e. The second-order valence-electron chi connectivity index (χ2n) is 7.87. The van der Waals surface area contributed by atoms with Crippen molar-refractivity contribution in [3.8, 4) is 0 Å². The molecule has 0 N–H and O–H groups in total. The predicted molar refractivity (Wildman–Crippen MR) is 95.0 cm³/mol. The van der Waals surface area contributed by atoms with E-state index in [0.717, 1.165) is 36.8 Å². The summed E-state index contributed by atoms with van der Waals surface area (Å²) < 4.78 is 5.81. The topological polar surface area (TPSA) is 66.1 Å². The molecular weight excluding hydrogens is 330 g/mol. The van der Waals surface area contributed by atoms with E-state index in [1.807, 2.05) is 12.1 Å². The van der Waals surface area contributed by atoms with Gasteiger partial charge >= 0.3 is 0 Å². The van der Waals surface area contributed by atoms with Gasteiger partial charge in [0.25, 0.3) is 11.8 Å². The number of carbonyl (C=O) groups is 2. The first kappa shape index (κ1) is 16.0. The zero-order valence-corrected chi connectivity index (χ0v) is 14.7. The molecule has 6 nitrogen and oxygen atoms in total. The maximum atomic E-state index is 12.6. The fourth-order valence-corrected chi connectivity index (χ4v) is 5.00. The molecule has 0 unspecified atom stereocenters. The van der Waals surface area contributed by atoms with Gasteiger partial charge in [0.2, 0.25) is 0 Å². The fraction of sp³-hybridized carbons (Fsp3) is 0.550. The second-order valence-corrected chi connectivity index (χ2v) is 7.87. The molecule has 0 radical (unpaired) electrons. The van der Waals surface area contributed by atoms with Crippen LogP contribution in [-0.2, 0) is 16.1 Å². The van der Waals surface area contributed by atoms with Gasteiger partial charge in [0.05, 0.1) is 24.6 Å². The van der Waals surface area contributed by atoms with E-state index in [2.05, 4.69) is 22.2 Å². The smallest absolute Gasteiger partial charge is 0.254 e. The van der Waals surface area contributed by atoms with Crippen molar-refractivity contribution in [2.24, 2.45) is 28.8 Å². The molecule has 6 heteroatoms. The Morgan fingerprint density at radius 3 is 2.42 bits per heavy atom. The van der Waals surface area contributed by atoms with Crippen molar-refractivity contribution >= 4 is 18.0 Å². The molecule has 136 valence electrons. The summed E-state index contributed by atoms with van der Waals surface area (Å²) in [6, 6.07) is 3.79. The molecule has 5 rings (SSSR count). The minimum atomic E-state index is -0.207. The predicted octanol–water partition coefficient (Wildman–Crippen LogP) is 2.41. The van der Waals surface area contributed by atoms with Crippen LogP contribution in [0.15, 0.2) is 33.8 Å². The molecule has 4 aliphatic rings. The first-order valence-electron chi connectivity index (χ1n) is 9.62. The molecule has 1 saturated carbocycles. The van der Waals surface area contributed by atoms with Crippen LogP contribution in [0.25, 0.3) is 0 Å². The third kappa shape index (κ3) is 2.55. The second kappa shape index (κ2) is 6.20. The summed E-state index contributed by atoms with van der Waals surface area (Å²) in [5, 5.41) is 5.23. The van der Waals surface area contributed by atoms with E-state index in [0.29, 0.717) is 5.76 Å². The Bertz CT molecular complexity index is 760. The van der Waals surface area contributed by atoms with Crippen LogP contribution in [-0.4, -0.2) is 41.0 Å². The highest BCUT2D eigenvalue weighted by Gasteiger charge is 2.59. The maximum Gasteiger partial charge on any atom is 0.254 e.